The van der Waals surface area contributed by atoms with Crippen molar-refractivity contribution in [3.8, 4) is 0 Å². The monoisotopic (exact) mass is 918 g/mol. The van der Waals surface area contributed by atoms with Crippen molar-refractivity contribution >= 4 is 47.3 Å². The molecule has 0 aliphatic rings. The van der Waals surface area contributed by atoms with Crippen LogP contribution in [0, 0.1) is 10.8 Å². The molecule has 1 rings (SSSR count). The fraction of sp³-hybridized carbons (Fsp3) is 0.587. The minimum atomic E-state index is -1.38. The van der Waals surface area contributed by atoms with E-state index >= 15 is 0 Å². The largest absolute Gasteiger partial charge is 0.465 e. The Kier molecular flexibility index (Phi) is 25.8. The van der Waals surface area contributed by atoms with Crippen LogP contribution in [0.3, 0.4) is 0 Å². The Labute approximate surface area is 382 Å². The maximum absolute atomic E-state index is 13.7. The van der Waals surface area contributed by atoms with E-state index in [2.05, 4.69) is 19.7 Å². The van der Waals surface area contributed by atoms with Crippen molar-refractivity contribution in [3.63, 3.8) is 0 Å². The number of carbonyl (C=O) groups is 7. The number of anilines is 1. The summed E-state index contributed by atoms with van der Waals surface area (Å²) in [6.07, 6.45) is 2.98. The first-order chi connectivity index (χ1) is 30.6. The molecule has 0 aromatic heterocycles. The molecule has 0 spiro atoms. The molecular weight excluding hydrogens is 849 g/mol. The van der Waals surface area contributed by atoms with E-state index in [1.165, 1.54) is 0 Å². The van der Waals surface area contributed by atoms with Gasteiger partial charge in [0, 0.05) is 82.2 Å². The minimum absolute atomic E-state index is 0.0159. The molecule has 65 heavy (non-hydrogen) atoms. The first kappa shape index (κ1) is 57.5. The van der Waals surface area contributed by atoms with Gasteiger partial charge < -0.3 is 53.3 Å². The van der Waals surface area contributed by atoms with Crippen molar-refractivity contribution in [1.82, 2.24) is 14.7 Å². The molecule has 1 atom stereocenters. The van der Waals surface area contributed by atoms with E-state index in [0.29, 0.717) is 44.8 Å². The van der Waals surface area contributed by atoms with Crippen LogP contribution in [0.2, 0.25) is 0 Å². The van der Waals surface area contributed by atoms with E-state index < -0.39 is 65.4 Å². The Morgan fingerprint density at radius 1 is 0.554 bits per heavy atom. The van der Waals surface area contributed by atoms with E-state index in [9.17, 15) is 43.8 Å². The highest BCUT2D eigenvalue weighted by Gasteiger charge is 2.37. The van der Waals surface area contributed by atoms with Gasteiger partial charge in [0.05, 0.1) is 42.4 Å². The van der Waals surface area contributed by atoms with Gasteiger partial charge in [-0.2, -0.15) is 0 Å². The van der Waals surface area contributed by atoms with Crippen LogP contribution in [0.25, 0.3) is 0 Å². The van der Waals surface area contributed by atoms with E-state index in [-0.39, 0.29) is 64.7 Å². The second-order valence-corrected chi connectivity index (χ2v) is 16.5. The lowest BCUT2D eigenvalue weighted by molar-refractivity contribution is -0.165. The molecule has 364 valence electrons. The van der Waals surface area contributed by atoms with E-state index in [1.807, 2.05) is 73.8 Å². The van der Waals surface area contributed by atoms with Crippen LogP contribution in [0.4, 0.5) is 5.69 Å². The topological polar surface area (TPSA) is 228 Å². The number of rotatable bonds is 34. The van der Waals surface area contributed by atoms with Crippen LogP contribution in [-0.2, 0) is 57.2 Å². The third-order valence-electron chi connectivity index (χ3n) is 10.7. The van der Waals surface area contributed by atoms with Gasteiger partial charge in [-0.1, -0.05) is 26.7 Å². The molecule has 0 bridgehead atoms. The zero-order chi connectivity index (χ0) is 49.2. The summed E-state index contributed by atoms with van der Waals surface area (Å²) >= 11 is 0. The van der Waals surface area contributed by atoms with Crippen LogP contribution in [0.5, 0.6) is 0 Å². The molecule has 0 saturated carbocycles. The Morgan fingerprint density at radius 2 is 0.923 bits per heavy atom. The summed E-state index contributed by atoms with van der Waals surface area (Å²) in [5.41, 5.74) is -2.17. The maximum Gasteiger partial charge on any atom is 0.330 e. The van der Waals surface area contributed by atoms with Crippen LogP contribution in [-0.4, -0.2) is 192 Å². The third kappa shape index (κ3) is 20.9. The highest BCUT2D eigenvalue weighted by molar-refractivity contribution is 6.02. The molecule has 0 saturated heterocycles. The second kappa shape index (κ2) is 29.1. The van der Waals surface area contributed by atoms with Crippen molar-refractivity contribution in [2.45, 2.75) is 45.6 Å². The van der Waals surface area contributed by atoms with Gasteiger partial charge in [0.15, 0.2) is 5.78 Å². The zero-order valence-electron chi connectivity index (χ0n) is 39.2. The lowest BCUT2D eigenvalue weighted by atomic mass is 9.91. The summed E-state index contributed by atoms with van der Waals surface area (Å²) in [7, 11) is 7.46. The molecule has 19 nitrogen and oxygen atoms in total. The molecule has 19 heteroatoms. The fourth-order valence-electron chi connectivity index (χ4n) is 5.55. The molecule has 1 aromatic rings. The van der Waals surface area contributed by atoms with E-state index in [1.54, 1.807) is 19.1 Å². The number of likely N-dealkylation sites (N-methyl/N-ethyl adjacent to an activating group) is 4. The van der Waals surface area contributed by atoms with Gasteiger partial charge in [-0.15, -0.1) is 0 Å². The number of Topliss-reactive ketones (excluding diaryl/α,β-unsaturated/α-hetero) is 1. The number of aliphatic hydroxyl groups excluding tert-OH is 2. The first-order valence-electron chi connectivity index (χ1n) is 21.2. The molecule has 0 radical (unpaired) electrons. The van der Waals surface area contributed by atoms with Gasteiger partial charge in [-0.3, -0.25) is 24.1 Å². The Hall–Kier alpha value is -5.47. The fourth-order valence-corrected chi connectivity index (χ4v) is 5.55. The number of benzene rings is 1. The van der Waals surface area contributed by atoms with Gasteiger partial charge in [-0.25, -0.2) is 14.4 Å². The SMILES string of the molecule is C=CC(=O)OCC(CO)(COC(=O)C=C)COC(=O)CCN(C)CCN(C)c1ccc(C(=O)C(C)(C)N(C)CCN(C)CCC(=O)OCC(CO)(COC(=O)C=C)COC(=O)CC)cc1. The molecule has 0 heterocycles. The lowest BCUT2D eigenvalue weighted by Crippen LogP contribution is -2.50. The number of ketones is 1. The summed E-state index contributed by atoms with van der Waals surface area (Å²) in [4.78, 5) is 93.5. The molecule has 0 fully saturated rings. The van der Waals surface area contributed by atoms with Crippen LogP contribution < -0.4 is 4.90 Å². The van der Waals surface area contributed by atoms with Crippen LogP contribution in [0.1, 0.15) is 50.4 Å². The van der Waals surface area contributed by atoms with Crippen LogP contribution >= 0.6 is 0 Å². The van der Waals surface area contributed by atoms with Crippen molar-refractivity contribution < 1.29 is 72.2 Å². The quantitative estimate of drug-likeness (QED) is 0.0435. The summed E-state index contributed by atoms with van der Waals surface area (Å²) in [5, 5.41) is 20.1. The summed E-state index contributed by atoms with van der Waals surface area (Å²) in [6.45, 7) is 14.9. The molecule has 0 aliphatic heterocycles. The smallest absolute Gasteiger partial charge is 0.330 e. The molecule has 1 unspecified atom stereocenters. The van der Waals surface area contributed by atoms with Crippen molar-refractivity contribution in [2.75, 3.05) is 125 Å². The number of esters is 6. The summed E-state index contributed by atoms with van der Waals surface area (Å²) < 4.78 is 31.1. The minimum Gasteiger partial charge on any atom is -0.465 e. The third-order valence-corrected chi connectivity index (χ3v) is 10.7. The average Bonchev–Trinajstić information content (AvgIpc) is 3.32. The second-order valence-electron chi connectivity index (χ2n) is 16.5. The number of carbonyl (C=O) groups excluding carboxylic acids is 7. The van der Waals surface area contributed by atoms with Gasteiger partial charge in [0.1, 0.15) is 39.6 Å². The first-order valence-corrected chi connectivity index (χ1v) is 21.2. The van der Waals surface area contributed by atoms with Gasteiger partial charge in [0.2, 0.25) is 0 Å². The van der Waals surface area contributed by atoms with E-state index in [0.717, 1.165) is 23.9 Å². The highest BCUT2D eigenvalue weighted by atomic mass is 16.6. The normalized spacial score (nSPS) is 12.4. The predicted molar refractivity (Wildman–Crippen MR) is 241 cm³/mol. The Morgan fingerprint density at radius 3 is 1.29 bits per heavy atom. The molecule has 2 N–H and O–H groups in total. The van der Waals surface area contributed by atoms with Gasteiger partial charge >= 0.3 is 35.8 Å². The average molecular weight is 919 g/mol. The van der Waals surface area contributed by atoms with Crippen molar-refractivity contribution in [1.29, 1.82) is 0 Å². The molecule has 0 aliphatic carbocycles. The van der Waals surface area contributed by atoms with Gasteiger partial charge in [0.25, 0.3) is 0 Å². The standard InChI is InChI=1S/C46H70N4O15/c1-11-37(53)60-29-45(27-51,30-61-38(54)12-2)33-64-41(57)19-21-47(7)23-25-49(9)36-17-15-35(16-18-36)43(59)44(5,6)50(10)26-24-48(8)22-20-42(58)65-34-46(28-52,31-62-39(55)13-3)32-63-40(56)14-4/h11-13,15-18,51-52H,1-3,14,19-34H2,4-10H3. The summed E-state index contributed by atoms with van der Waals surface area (Å²) in [6, 6.07) is 7.31. The van der Waals surface area contributed by atoms with Crippen LogP contribution in [0.15, 0.2) is 62.2 Å². The van der Waals surface area contributed by atoms with Crippen molar-refractivity contribution in [2.24, 2.45) is 10.8 Å². The number of ether oxygens (including phenoxy) is 6. The Balaban J connectivity index is 2.65. The Bertz CT molecular complexity index is 1730. The highest BCUT2D eigenvalue weighted by Crippen LogP contribution is 2.24. The molecule has 0 amide bonds. The number of aliphatic hydroxyl groups is 2. The van der Waals surface area contributed by atoms with Crippen molar-refractivity contribution in [3.05, 3.63) is 67.8 Å². The van der Waals surface area contributed by atoms with Gasteiger partial charge in [-0.05, 0) is 59.3 Å². The molecule has 1 aromatic carbocycles. The molecular formula is C46H70N4O15. The number of hydrogen-bond acceptors (Lipinski definition) is 19. The lowest BCUT2D eigenvalue weighted by Gasteiger charge is -2.35. The summed E-state index contributed by atoms with van der Waals surface area (Å²) in [5.74, 6) is -3.98. The van der Waals surface area contributed by atoms with E-state index in [4.69, 9.17) is 28.4 Å². The maximum atomic E-state index is 13.7. The predicted octanol–water partition coefficient (Wildman–Crippen LogP) is 1.84. The zero-order valence-corrected chi connectivity index (χ0v) is 39.2. The number of hydrogen-bond donors (Lipinski definition) is 2. The number of nitrogens with zero attached hydrogens (tertiary/aromatic N) is 4.